The summed E-state index contributed by atoms with van der Waals surface area (Å²) in [4.78, 5) is 12.2. The first-order valence-corrected chi connectivity index (χ1v) is 7.83. The van der Waals surface area contributed by atoms with Crippen molar-refractivity contribution >= 4 is 23.2 Å². The maximum Gasteiger partial charge on any atom is 0.232 e. The summed E-state index contributed by atoms with van der Waals surface area (Å²) in [7, 11) is 0. The van der Waals surface area contributed by atoms with Crippen LogP contribution >= 0.6 is 11.6 Å². The van der Waals surface area contributed by atoms with Gasteiger partial charge in [-0.1, -0.05) is 41.9 Å². The number of benzene rings is 2. The highest BCUT2D eigenvalue weighted by atomic mass is 35.5. The third-order valence-electron chi connectivity index (χ3n) is 4.12. The van der Waals surface area contributed by atoms with Gasteiger partial charge in [0.05, 0.1) is 10.9 Å². The largest absolute Gasteiger partial charge is 0.461 e. The SMILES string of the molecule is O=C1Nc2ccccc2[C@@H]1Cc1ccc(-c2ccccc2Cl)o1. The minimum Gasteiger partial charge on any atom is -0.461 e. The van der Waals surface area contributed by atoms with Crippen LogP contribution in [0.3, 0.4) is 0 Å². The summed E-state index contributed by atoms with van der Waals surface area (Å²) in [6.45, 7) is 0. The Morgan fingerprint density at radius 2 is 1.78 bits per heavy atom. The second kappa shape index (κ2) is 5.60. The fraction of sp³-hybridized carbons (Fsp3) is 0.105. The van der Waals surface area contributed by atoms with Crippen LogP contribution in [0.15, 0.2) is 65.1 Å². The Bertz CT molecular complexity index is 884. The van der Waals surface area contributed by atoms with Gasteiger partial charge in [0.2, 0.25) is 5.91 Å². The molecule has 1 N–H and O–H groups in total. The molecule has 1 amide bonds. The quantitative estimate of drug-likeness (QED) is 0.746. The number of anilines is 1. The van der Waals surface area contributed by atoms with Gasteiger partial charge in [0.15, 0.2) is 0 Å². The number of nitrogens with one attached hydrogen (secondary N) is 1. The first-order chi connectivity index (χ1) is 11.2. The molecule has 0 saturated heterocycles. The van der Waals surface area contributed by atoms with E-state index in [0.717, 1.165) is 28.3 Å². The van der Waals surface area contributed by atoms with Crippen molar-refractivity contribution in [1.29, 1.82) is 0 Å². The van der Waals surface area contributed by atoms with Crippen LogP contribution in [0.1, 0.15) is 17.2 Å². The first-order valence-electron chi connectivity index (χ1n) is 7.46. The summed E-state index contributed by atoms with van der Waals surface area (Å²) in [6, 6.07) is 19.1. The highest BCUT2D eigenvalue weighted by Crippen LogP contribution is 2.36. The van der Waals surface area contributed by atoms with E-state index in [2.05, 4.69) is 5.32 Å². The summed E-state index contributed by atoms with van der Waals surface area (Å²) < 4.78 is 5.91. The number of carbonyl (C=O) groups excluding carboxylic acids is 1. The molecule has 0 fully saturated rings. The number of amides is 1. The van der Waals surface area contributed by atoms with Gasteiger partial charge < -0.3 is 9.73 Å². The lowest BCUT2D eigenvalue weighted by Crippen LogP contribution is -2.13. The van der Waals surface area contributed by atoms with E-state index in [1.807, 2.05) is 60.7 Å². The molecule has 0 saturated carbocycles. The van der Waals surface area contributed by atoms with Gasteiger partial charge >= 0.3 is 0 Å². The fourth-order valence-corrected chi connectivity index (χ4v) is 3.20. The van der Waals surface area contributed by atoms with E-state index in [0.29, 0.717) is 11.4 Å². The van der Waals surface area contributed by atoms with Crippen molar-refractivity contribution in [2.24, 2.45) is 0 Å². The number of rotatable bonds is 3. The molecule has 0 radical (unpaired) electrons. The molecule has 4 heteroatoms. The molecule has 4 rings (SSSR count). The second-order valence-corrected chi connectivity index (χ2v) is 5.99. The Morgan fingerprint density at radius 3 is 2.65 bits per heavy atom. The first kappa shape index (κ1) is 14.1. The van der Waals surface area contributed by atoms with Gasteiger partial charge in [-0.05, 0) is 35.9 Å². The number of hydrogen-bond acceptors (Lipinski definition) is 2. The predicted octanol–water partition coefficient (Wildman–Crippen LogP) is 4.88. The molecule has 0 spiro atoms. The zero-order chi connectivity index (χ0) is 15.8. The van der Waals surface area contributed by atoms with Gasteiger partial charge in [-0.25, -0.2) is 0 Å². The normalized spacial score (nSPS) is 16.2. The molecule has 1 aromatic heterocycles. The molecule has 2 heterocycles. The van der Waals surface area contributed by atoms with Crippen LogP contribution in [0.4, 0.5) is 5.69 Å². The second-order valence-electron chi connectivity index (χ2n) is 5.58. The van der Waals surface area contributed by atoms with Gasteiger partial charge in [0.25, 0.3) is 0 Å². The Hall–Kier alpha value is -2.52. The van der Waals surface area contributed by atoms with Gasteiger partial charge in [-0.2, -0.15) is 0 Å². The topological polar surface area (TPSA) is 42.2 Å². The Morgan fingerprint density at radius 1 is 1.00 bits per heavy atom. The monoisotopic (exact) mass is 323 g/mol. The Kier molecular flexibility index (Phi) is 3.43. The van der Waals surface area contributed by atoms with E-state index in [-0.39, 0.29) is 11.8 Å². The van der Waals surface area contributed by atoms with Crippen LogP contribution in [0.2, 0.25) is 5.02 Å². The molecule has 23 heavy (non-hydrogen) atoms. The van der Waals surface area contributed by atoms with Crippen LogP contribution < -0.4 is 5.32 Å². The molecule has 114 valence electrons. The van der Waals surface area contributed by atoms with Crippen LogP contribution in [0.25, 0.3) is 11.3 Å². The molecule has 1 aliphatic rings. The summed E-state index contributed by atoms with van der Waals surface area (Å²) in [5, 5.41) is 3.56. The van der Waals surface area contributed by atoms with Crippen LogP contribution in [0, 0.1) is 0 Å². The van der Waals surface area contributed by atoms with Crippen molar-refractivity contribution in [3.05, 3.63) is 77.0 Å². The molecule has 1 aliphatic heterocycles. The summed E-state index contributed by atoms with van der Waals surface area (Å²) in [6.07, 6.45) is 0.535. The van der Waals surface area contributed by atoms with E-state index in [1.165, 1.54) is 0 Å². The molecule has 1 atom stereocenters. The molecule has 0 unspecified atom stereocenters. The van der Waals surface area contributed by atoms with Crippen molar-refractivity contribution in [1.82, 2.24) is 0 Å². The smallest absolute Gasteiger partial charge is 0.232 e. The number of fused-ring (bicyclic) bond motifs is 1. The Labute approximate surface area is 138 Å². The van der Waals surface area contributed by atoms with Crippen LogP contribution in [-0.4, -0.2) is 5.91 Å². The van der Waals surface area contributed by atoms with Crippen molar-refractivity contribution < 1.29 is 9.21 Å². The van der Waals surface area contributed by atoms with Gasteiger partial charge in [0.1, 0.15) is 11.5 Å². The maximum absolute atomic E-state index is 12.2. The summed E-state index contributed by atoms with van der Waals surface area (Å²) in [5.41, 5.74) is 2.77. The molecular weight excluding hydrogens is 310 g/mol. The average Bonchev–Trinajstić information content (AvgIpc) is 3.14. The summed E-state index contributed by atoms with van der Waals surface area (Å²) >= 11 is 6.20. The van der Waals surface area contributed by atoms with Gasteiger partial charge in [0, 0.05) is 17.7 Å². The minimum atomic E-state index is -0.212. The zero-order valence-corrected chi connectivity index (χ0v) is 13.0. The molecule has 0 bridgehead atoms. The molecule has 2 aromatic carbocycles. The third kappa shape index (κ3) is 2.53. The molecule has 3 aromatic rings. The lowest BCUT2D eigenvalue weighted by molar-refractivity contribution is -0.117. The maximum atomic E-state index is 12.2. The Balaban J connectivity index is 1.62. The van der Waals surface area contributed by atoms with E-state index >= 15 is 0 Å². The average molecular weight is 324 g/mol. The van der Waals surface area contributed by atoms with Crippen LogP contribution in [-0.2, 0) is 11.2 Å². The zero-order valence-electron chi connectivity index (χ0n) is 12.3. The van der Waals surface area contributed by atoms with Crippen molar-refractivity contribution in [2.45, 2.75) is 12.3 Å². The minimum absolute atomic E-state index is 0.0156. The van der Waals surface area contributed by atoms with Gasteiger partial charge in [-0.15, -0.1) is 0 Å². The number of para-hydroxylation sites is 1. The highest BCUT2D eigenvalue weighted by molar-refractivity contribution is 6.33. The lowest BCUT2D eigenvalue weighted by Gasteiger charge is -2.06. The predicted molar refractivity (Wildman–Crippen MR) is 90.7 cm³/mol. The number of halogens is 1. The number of hydrogen-bond donors (Lipinski definition) is 1. The van der Waals surface area contributed by atoms with E-state index in [4.69, 9.17) is 16.0 Å². The lowest BCUT2D eigenvalue weighted by atomic mass is 9.96. The van der Waals surface area contributed by atoms with E-state index in [9.17, 15) is 4.79 Å². The van der Waals surface area contributed by atoms with E-state index in [1.54, 1.807) is 0 Å². The highest BCUT2D eigenvalue weighted by Gasteiger charge is 2.31. The fourth-order valence-electron chi connectivity index (χ4n) is 2.97. The molecule has 0 aliphatic carbocycles. The molecular formula is C19H14ClNO2. The standard InChI is InChI=1S/C19H14ClNO2/c20-16-7-3-1-6-14(16)18-10-9-12(23-18)11-15-13-5-2-4-8-17(13)21-19(15)22/h1-10,15H,11H2,(H,21,22)/t15-/m0/s1. The van der Waals surface area contributed by atoms with Crippen molar-refractivity contribution in [3.8, 4) is 11.3 Å². The number of furan rings is 1. The number of carbonyl (C=O) groups is 1. The van der Waals surface area contributed by atoms with Crippen molar-refractivity contribution in [2.75, 3.05) is 5.32 Å². The van der Waals surface area contributed by atoms with Gasteiger partial charge in [-0.3, -0.25) is 4.79 Å². The van der Waals surface area contributed by atoms with Crippen molar-refractivity contribution in [3.63, 3.8) is 0 Å². The van der Waals surface area contributed by atoms with Crippen LogP contribution in [0.5, 0.6) is 0 Å². The van der Waals surface area contributed by atoms with E-state index < -0.39 is 0 Å². The summed E-state index contributed by atoms with van der Waals surface area (Å²) in [5.74, 6) is 1.30. The molecule has 3 nitrogen and oxygen atoms in total. The third-order valence-corrected chi connectivity index (χ3v) is 4.45.